The lowest BCUT2D eigenvalue weighted by atomic mass is 10.2. The number of sulfone groups is 1. The lowest BCUT2D eigenvalue weighted by Crippen LogP contribution is -2.33. The number of aromatic amines is 1. The number of nitrogens with one attached hydrogen (secondary N) is 1. The quantitative estimate of drug-likeness (QED) is 0.494. The SMILES string of the molecule is Cn1ccc2ccc(S(=O)(=O)c3ccc(Cl)c4c(=O)n(O)c(=O)[nH]c34)cc21. The van der Waals surface area contributed by atoms with Crippen LogP contribution in [0.25, 0.3) is 21.8 Å². The third-order valence-corrected chi connectivity index (χ3v) is 6.51. The molecule has 0 saturated heterocycles. The first-order valence-electron chi connectivity index (χ1n) is 7.69. The van der Waals surface area contributed by atoms with Crippen LogP contribution in [0.3, 0.4) is 0 Å². The lowest BCUT2D eigenvalue weighted by Gasteiger charge is -2.10. The predicted molar refractivity (Wildman–Crippen MR) is 99.4 cm³/mol. The highest BCUT2D eigenvalue weighted by Crippen LogP contribution is 2.30. The van der Waals surface area contributed by atoms with Crippen molar-refractivity contribution in [2.24, 2.45) is 7.05 Å². The average Bonchev–Trinajstić information content (AvgIpc) is 3.00. The van der Waals surface area contributed by atoms with Crippen LogP contribution < -0.4 is 11.2 Å². The summed E-state index contributed by atoms with van der Waals surface area (Å²) in [6.07, 6.45) is 1.81. The van der Waals surface area contributed by atoms with E-state index in [1.54, 1.807) is 23.9 Å². The number of aromatic nitrogens is 3. The van der Waals surface area contributed by atoms with E-state index in [2.05, 4.69) is 4.98 Å². The first kappa shape index (κ1) is 17.4. The molecule has 4 aromatic rings. The number of hydrogen-bond acceptors (Lipinski definition) is 5. The smallest absolute Gasteiger partial charge is 0.362 e. The second kappa shape index (κ2) is 5.73. The summed E-state index contributed by atoms with van der Waals surface area (Å²) in [5.74, 6) is 0. The van der Waals surface area contributed by atoms with E-state index in [4.69, 9.17) is 11.6 Å². The van der Waals surface area contributed by atoms with Gasteiger partial charge < -0.3 is 14.8 Å². The summed E-state index contributed by atoms with van der Waals surface area (Å²) in [6, 6.07) is 8.93. The Kier molecular flexibility index (Phi) is 3.69. The number of halogens is 1. The van der Waals surface area contributed by atoms with E-state index in [-0.39, 0.29) is 30.4 Å². The Morgan fingerprint density at radius 3 is 2.59 bits per heavy atom. The zero-order valence-electron chi connectivity index (χ0n) is 13.8. The maximum atomic E-state index is 13.2. The highest BCUT2D eigenvalue weighted by Gasteiger charge is 2.24. The van der Waals surface area contributed by atoms with Gasteiger partial charge in [0.15, 0.2) is 0 Å². The molecule has 0 radical (unpaired) electrons. The monoisotopic (exact) mass is 405 g/mol. The number of rotatable bonds is 2. The average molecular weight is 406 g/mol. The minimum atomic E-state index is -4.09. The van der Waals surface area contributed by atoms with Gasteiger partial charge in [0, 0.05) is 18.8 Å². The number of aryl methyl sites for hydroxylation is 1. The van der Waals surface area contributed by atoms with Gasteiger partial charge in [-0.05, 0) is 35.7 Å². The zero-order valence-corrected chi connectivity index (χ0v) is 15.4. The Balaban J connectivity index is 2.08. The van der Waals surface area contributed by atoms with Crippen molar-refractivity contribution < 1.29 is 13.6 Å². The van der Waals surface area contributed by atoms with E-state index in [0.29, 0.717) is 5.52 Å². The maximum absolute atomic E-state index is 13.2. The summed E-state index contributed by atoms with van der Waals surface area (Å²) < 4.78 is 28.0. The van der Waals surface area contributed by atoms with Crippen LogP contribution in [0.1, 0.15) is 0 Å². The van der Waals surface area contributed by atoms with Gasteiger partial charge in [0.25, 0.3) is 5.56 Å². The fourth-order valence-electron chi connectivity index (χ4n) is 3.01. The van der Waals surface area contributed by atoms with E-state index in [9.17, 15) is 23.2 Å². The fourth-order valence-corrected chi connectivity index (χ4v) is 4.68. The van der Waals surface area contributed by atoms with E-state index >= 15 is 0 Å². The first-order valence-corrected chi connectivity index (χ1v) is 9.55. The van der Waals surface area contributed by atoms with Gasteiger partial charge in [-0.2, -0.15) is 0 Å². The first-order chi connectivity index (χ1) is 12.7. The number of fused-ring (bicyclic) bond motifs is 2. The molecule has 0 fully saturated rings. The standard InChI is InChI=1S/C17H12ClN3O5S/c1-20-7-6-9-2-3-10(8-12(9)20)27(25,26)13-5-4-11(18)14-15(13)19-17(23)21(24)16(14)22/h2-8,24H,1H3,(H,19,23). The van der Waals surface area contributed by atoms with Crippen molar-refractivity contribution in [1.82, 2.24) is 14.3 Å². The molecule has 0 aliphatic heterocycles. The van der Waals surface area contributed by atoms with Crippen molar-refractivity contribution >= 4 is 43.2 Å². The Morgan fingerprint density at radius 1 is 1.11 bits per heavy atom. The molecule has 0 atom stereocenters. The molecule has 2 N–H and O–H groups in total. The van der Waals surface area contributed by atoms with E-state index in [0.717, 1.165) is 5.39 Å². The van der Waals surface area contributed by atoms with Crippen molar-refractivity contribution in [2.75, 3.05) is 0 Å². The molecule has 0 spiro atoms. The molecular weight excluding hydrogens is 394 g/mol. The van der Waals surface area contributed by atoms with Crippen molar-refractivity contribution in [3.8, 4) is 0 Å². The third kappa shape index (κ3) is 2.47. The molecule has 8 nitrogen and oxygen atoms in total. The summed E-state index contributed by atoms with van der Waals surface area (Å²) in [5.41, 5.74) is -1.81. The van der Waals surface area contributed by atoms with Crippen molar-refractivity contribution in [3.63, 3.8) is 0 Å². The molecule has 0 saturated carbocycles. The number of nitrogens with zero attached hydrogens (tertiary/aromatic N) is 2. The number of hydrogen-bond donors (Lipinski definition) is 2. The summed E-state index contributed by atoms with van der Waals surface area (Å²) in [4.78, 5) is 25.9. The van der Waals surface area contributed by atoms with Crippen LogP contribution in [0.5, 0.6) is 0 Å². The Hall–Kier alpha value is -3.04. The van der Waals surface area contributed by atoms with Gasteiger partial charge in [-0.25, -0.2) is 13.2 Å². The molecule has 2 aromatic heterocycles. The van der Waals surface area contributed by atoms with Crippen LogP contribution in [-0.2, 0) is 16.9 Å². The molecular formula is C17H12ClN3O5S. The zero-order chi connectivity index (χ0) is 19.5. The minimum Gasteiger partial charge on any atom is -0.421 e. The van der Waals surface area contributed by atoms with E-state index < -0.39 is 21.1 Å². The number of benzene rings is 2. The number of H-pyrrole nitrogens is 1. The highest BCUT2D eigenvalue weighted by molar-refractivity contribution is 7.91. The van der Waals surface area contributed by atoms with Crippen LogP contribution in [0.2, 0.25) is 5.02 Å². The minimum absolute atomic E-state index is 0.00514. The van der Waals surface area contributed by atoms with E-state index in [1.807, 2.05) is 6.07 Å². The Morgan fingerprint density at radius 2 is 1.85 bits per heavy atom. The van der Waals surface area contributed by atoms with Gasteiger partial charge in [0.05, 0.1) is 25.7 Å². The molecule has 0 bridgehead atoms. The van der Waals surface area contributed by atoms with Crippen LogP contribution in [0.15, 0.2) is 62.0 Å². The molecule has 0 aliphatic carbocycles. The summed E-state index contributed by atoms with van der Waals surface area (Å²) in [7, 11) is -2.30. The van der Waals surface area contributed by atoms with Crippen LogP contribution >= 0.6 is 11.6 Å². The van der Waals surface area contributed by atoms with Gasteiger partial charge in [0.1, 0.15) is 0 Å². The molecule has 2 heterocycles. The van der Waals surface area contributed by atoms with Gasteiger partial charge >= 0.3 is 5.69 Å². The van der Waals surface area contributed by atoms with Crippen molar-refractivity contribution in [1.29, 1.82) is 0 Å². The third-order valence-electron chi connectivity index (χ3n) is 4.41. The summed E-state index contributed by atoms with van der Waals surface area (Å²) in [6.45, 7) is 0. The molecule has 138 valence electrons. The normalized spacial score (nSPS) is 12.1. The predicted octanol–water partition coefficient (Wildman–Crippen LogP) is 1.90. The van der Waals surface area contributed by atoms with Crippen LogP contribution in [0, 0.1) is 0 Å². The van der Waals surface area contributed by atoms with Crippen molar-refractivity contribution in [2.45, 2.75) is 9.79 Å². The molecule has 27 heavy (non-hydrogen) atoms. The Labute approximate surface area is 156 Å². The molecule has 0 unspecified atom stereocenters. The molecule has 2 aromatic carbocycles. The largest absolute Gasteiger partial charge is 0.421 e. The van der Waals surface area contributed by atoms with Gasteiger partial charge in [-0.3, -0.25) is 4.79 Å². The molecule has 0 amide bonds. The van der Waals surface area contributed by atoms with Crippen molar-refractivity contribution in [3.05, 3.63) is 68.5 Å². The Bertz CT molecular complexity index is 1460. The van der Waals surface area contributed by atoms with Crippen LogP contribution in [-0.4, -0.2) is 27.9 Å². The molecule has 10 heteroatoms. The van der Waals surface area contributed by atoms with Gasteiger partial charge in [-0.15, -0.1) is 0 Å². The van der Waals surface area contributed by atoms with E-state index in [1.165, 1.54) is 24.3 Å². The highest BCUT2D eigenvalue weighted by atomic mass is 35.5. The lowest BCUT2D eigenvalue weighted by molar-refractivity contribution is 0.162. The van der Waals surface area contributed by atoms with Crippen LogP contribution in [0.4, 0.5) is 0 Å². The summed E-state index contributed by atoms with van der Waals surface area (Å²) in [5, 5.41) is 10.0. The fraction of sp³-hybridized carbons (Fsp3) is 0.0588. The second-order valence-corrected chi connectivity index (χ2v) is 8.32. The van der Waals surface area contributed by atoms with Gasteiger partial charge in [-0.1, -0.05) is 22.4 Å². The maximum Gasteiger partial charge on any atom is 0.362 e. The molecule has 4 rings (SSSR count). The molecule has 0 aliphatic rings. The van der Waals surface area contributed by atoms with Gasteiger partial charge in [0.2, 0.25) is 9.84 Å². The topological polar surface area (TPSA) is 114 Å². The second-order valence-electron chi connectivity index (χ2n) is 5.99. The summed E-state index contributed by atoms with van der Waals surface area (Å²) >= 11 is 5.99.